The van der Waals surface area contributed by atoms with Gasteiger partial charge in [0.2, 0.25) is 5.91 Å². The van der Waals surface area contributed by atoms with Crippen molar-refractivity contribution in [1.82, 2.24) is 0 Å². The Bertz CT molecular complexity index is 679. The van der Waals surface area contributed by atoms with E-state index in [0.29, 0.717) is 15.6 Å². The minimum Gasteiger partial charge on any atom is -0.366 e. The first-order chi connectivity index (χ1) is 9.56. The van der Waals surface area contributed by atoms with Crippen LogP contribution in [-0.2, 0) is 4.79 Å². The van der Waals surface area contributed by atoms with E-state index in [2.05, 4.69) is 5.32 Å². The second kappa shape index (κ2) is 6.36. The van der Waals surface area contributed by atoms with E-state index in [1.807, 2.05) is 6.07 Å². The molecule has 0 saturated heterocycles. The molecule has 0 bridgehead atoms. The second-order valence-electron chi connectivity index (χ2n) is 3.91. The summed E-state index contributed by atoms with van der Waals surface area (Å²) < 4.78 is 0. The Labute approximate surface area is 124 Å². The van der Waals surface area contributed by atoms with Crippen LogP contribution in [0.2, 0.25) is 5.02 Å². The van der Waals surface area contributed by atoms with Gasteiger partial charge in [0.25, 0.3) is 5.91 Å². The summed E-state index contributed by atoms with van der Waals surface area (Å²) in [6, 6.07) is 8.69. The monoisotopic (exact) mass is 306 g/mol. The summed E-state index contributed by atoms with van der Waals surface area (Å²) in [5.74, 6) is -0.907. The molecule has 102 valence electrons. The van der Waals surface area contributed by atoms with Crippen LogP contribution in [-0.4, -0.2) is 11.8 Å². The summed E-state index contributed by atoms with van der Waals surface area (Å²) in [6.07, 6.45) is 3.01. The van der Waals surface area contributed by atoms with Gasteiger partial charge >= 0.3 is 0 Å². The van der Waals surface area contributed by atoms with Crippen molar-refractivity contribution < 1.29 is 9.59 Å². The van der Waals surface area contributed by atoms with E-state index < -0.39 is 5.91 Å². The first-order valence-corrected chi connectivity index (χ1v) is 6.94. The normalized spacial score (nSPS) is 10.7. The smallest absolute Gasteiger partial charge is 0.251 e. The van der Waals surface area contributed by atoms with Crippen LogP contribution >= 0.6 is 22.9 Å². The lowest BCUT2D eigenvalue weighted by Crippen LogP contribution is -2.14. The van der Waals surface area contributed by atoms with Gasteiger partial charge in [-0.25, -0.2) is 0 Å². The molecular formula is C14H11ClN2O2S. The number of halogens is 1. The van der Waals surface area contributed by atoms with Gasteiger partial charge in [0, 0.05) is 11.1 Å². The maximum atomic E-state index is 11.8. The molecule has 0 aliphatic carbocycles. The summed E-state index contributed by atoms with van der Waals surface area (Å²) in [5.41, 5.74) is 6.32. The van der Waals surface area contributed by atoms with Gasteiger partial charge in [-0.3, -0.25) is 9.59 Å². The van der Waals surface area contributed by atoms with E-state index >= 15 is 0 Å². The standard InChI is InChI=1S/C14H11ClN2O2S/c15-10-3-1-2-9(8-10)4-5-12(18)17-14-11(13(16)19)6-7-20-14/h1-8H,(H2,16,19)(H,17,18). The number of benzene rings is 1. The molecule has 2 amide bonds. The van der Waals surface area contributed by atoms with E-state index in [1.165, 1.54) is 17.4 Å². The van der Waals surface area contributed by atoms with E-state index in [9.17, 15) is 9.59 Å². The molecule has 3 N–H and O–H groups in total. The third-order valence-corrected chi connectivity index (χ3v) is 3.51. The van der Waals surface area contributed by atoms with Crippen molar-refractivity contribution in [2.45, 2.75) is 0 Å². The lowest BCUT2D eigenvalue weighted by atomic mass is 10.2. The summed E-state index contributed by atoms with van der Waals surface area (Å²) in [7, 11) is 0. The quantitative estimate of drug-likeness (QED) is 0.852. The minimum atomic E-state index is -0.569. The highest BCUT2D eigenvalue weighted by Crippen LogP contribution is 2.22. The average Bonchev–Trinajstić information content (AvgIpc) is 2.85. The summed E-state index contributed by atoms with van der Waals surface area (Å²) >= 11 is 7.09. The van der Waals surface area contributed by atoms with E-state index in [4.69, 9.17) is 17.3 Å². The molecule has 1 aromatic heterocycles. The average molecular weight is 307 g/mol. The van der Waals surface area contributed by atoms with Crippen molar-refractivity contribution in [3.05, 3.63) is 57.9 Å². The molecule has 0 radical (unpaired) electrons. The lowest BCUT2D eigenvalue weighted by Gasteiger charge is -2.01. The maximum absolute atomic E-state index is 11.8. The van der Waals surface area contributed by atoms with E-state index in [1.54, 1.807) is 35.7 Å². The van der Waals surface area contributed by atoms with Gasteiger partial charge in [0.1, 0.15) is 5.00 Å². The van der Waals surface area contributed by atoms with E-state index in [-0.39, 0.29) is 5.91 Å². The molecule has 0 saturated carbocycles. The molecule has 1 heterocycles. The van der Waals surface area contributed by atoms with Gasteiger partial charge in [-0.15, -0.1) is 11.3 Å². The zero-order chi connectivity index (χ0) is 14.5. The highest BCUT2D eigenvalue weighted by molar-refractivity contribution is 7.14. The van der Waals surface area contributed by atoms with Crippen molar-refractivity contribution >= 4 is 45.8 Å². The molecule has 0 aliphatic heterocycles. The molecule has 0 fully saturated rings. The van der Waals surface area contributed by atoms with Crippen molar-refractivity contribution in [1.29, 1.82) is 0 Å². The number of primary amides is 1. The second-order valence-corrected chi connectivity index (χ2v) is 5.26. The largest absolute Gasteiger partial charge is 0.366 e. The molecule has 4 nitrogen and oxygen atoms in total. The fraction of sp³-hybridized carbons (Fsp3) is 0. The molecular weight excluding hydrogens is 296 g/mol. The number of thiophene rings is 1. The van der Waals surface area contributed by atoms with Crippen LogP contribution in [0.25, 0.3) is 6.08 Å². The van der Waals surface area contributed by atoms with Gasteiger partial charge in [-0.05, 0) is 35.2 Å². The zero-order valence-corrected chi connectivity index (χ0v) is 11.9. The highest BCUT2D eigenvalue weighted by atomic mass is 35.5. The number of nitrogens with two attached hydrogens (primary N) is 1. The molecule has 0 unspecified atom stereocenters. The first-order valence-electron chi connectivity index (χ1n) is 5.68. The topological polar surface area (TPSA) is 72.2 Å². The van der Waals surface area contributed by atoms with Crippen LogP contribution in [0.3, 0.4) is 0 Å². The Morgan fingerprint density at radius 3 is 2.80 bits per heavy atom. The Morgan fingerprint density at radius 1 is 1.30 bits per heavy atom. The van der Waals surface area contributed by atoms with Crippen LogP contribution in [0.15, 0.2) is 41.8 Å². The summed E-state index contributed by atoms with van der Waals surface area (Å²) in [6.45, 7) is 0. The predicted molar refractivity (Wildman–Crippen MR) is 82.0 cm³/mol. The van der Waals surface area contributed by atoms with Crippen LogP contribution in [0, 0.1) is 0 Å². The number of hydrogen-bond donors (Lipinski definition) is 2. The Morgan fingerprint density at radius 2 is 2.10 bits per heavy atom. The fourth-order valence-electron chi connectivity index (χ4n) is 1.54. The van der Waals surface area contributed by atoms with Gasteiger partial charge in [0.05, 0.1) is 5.56 Å². The van der Waals surface area contributed by atoms with Crippen molar-refractivity contribution in [3.8, 4) is 0 Å². The molecule has 1 aromatic carbocycles. The lowest BCUT2D eigenvalue weighted by molar-refractivity contribution is -0.111. The number of carbonyl (C=O) groups excluding carboxylic acids is 2. The number of hydrogen-bond acceptors (Lipinski definition) is 3. The third-order valence-electron chi connectivity index (χ3n) is 2.44. The van der Waals surface area contributed by atoms with Crippen LogP contribution in [0.4, 0.5) is 5.00 Å². The van der Waals surface area contributed by atoms with Crippen LogP contribution < -0.4 is 11.1 Å². The van der Waals surface area contributed by atoms with Gasteiger partial charge in [-0.1, -0.05) is 23.7 Å². The van der Waals surface area contributed by atoms with Crippen LogP contribution in [0.5, 0.6) is 0 Å². The predicted octanol–water partition coefficient (Wildman–Crippen LogP) is 3.15. The number of amides is 2. The maximum Gasteiger partial charge on any atom is 0.251 e. The van der Waals surface area contributed by atoms with Crippen molar-refractivity contribution in [2.24, 2.45) is 5.73 Å². The molecule has 0 aliphatic rings. The molecule has 0 spiro atoms. The number of rotatable bonds is 4. The van der Waals surface area contributed by atoms with Crippen molar-refractivity contribution in [3.63, 3.8) is 0 Å². The Hall–Kier alpha value is -2.11. The van der Waals surface area contributed by atoms with E-state index in [0.717, 1.165) is 5.56 Å². The molecule has 0 atom stereocenters. The zero-order valence-electron chi connectivity index (χ0n) is 10.3. The number of carbonyl (C=O) groups is 2. The number of nitrogens with one attached hydrogen (secondary N) is 1. The summed E-state index contributed by atoms with van der Waals surface area (Å²) in [4.78, 5) is 22.9. The van der Waals surface area contributed by atoms with Gasteiger partial charge in [-0.2, -0.15) is 0 Å². The number of anilines is 1. The molecule has 2 aromatic rings. The SMILES string of the molecule is NC(=O)c1ccsc1NC(=O)C=Cc1cccc(Cl)c1. The van der Waals surface area contributed by atoms with Gasteiger partial charge < -0.3 is 11.1 Å². The van der Waals surface area contributed by atoms with Crippen molar-refractivity contribution in [2.75, 3.05) is 5.32 Å². The fourth-order valence-corrected chi connectivity index (χ4v) is 2.53. The first kappa shape index (κ1) is 14.3. The van der Waals surface area contributed by atoms with Gasteiger partial charge in [0.15, 0.2) is 0 Å². The Kier molecular flexibility index (Phi) is 4.55. The van der Waals surface area contributed by atoms with Crippen LogP contribution in [0.1, 0.15) is 15.9 Å². The summed E-state index contributed by atoms with van der Waals surface area (Å²) in [5, 5.41) is 5.35. The molecule has 2 rings (SSSR count). The Balaban J connectivity index is 2.06. The molecule has 20 heavy (non-hydrogen) atoms. The minimum absolute atomic E-state index is 0.305. The highest BCUT2D eigenvalue weighted by Gasteiger charge is 2.10. The third kappa shape index (κ3) is 3.69. The molecule has 6 heteroatoms.